The van der Waals surface area contributed by atoms with Crippen molar-refractivity contribution in [3.05, 3.63) is 32.2 Å². The first-order chi connectivity index (χ1) is 15.8. The first kappa shape index (κ1) is 28.4. The summed E-state index contributed by atoms with van der Waals surface area (Å²) in [5, 5.41) is 9.06. The molecule has 34 heavy (non-hydrogen) atoms. The van der Waals surface area contributed by atoms with E-state index in [4.69, 9.17) is 4.74 Å². The zero-order chi connectivity index (χ0) is 23.8. The van der Waals surface area contributed by atoms with E-state index in [0.717, 1.165) is 61.4 Å². The molecule has 2 saturated heterocycles. The minimum atomic E-state index is -0.456. The quantitative estimate of drug-likeness (QED) is 0.562. The first-order valence-electron chi connectivity index (χ1n) is 11.3. The van der Waals surface area contributed by atoms with Gasteiger partial charge in [-0.2, -0.15) is 0 Å². The summed E-state index contributed by atoms with van der Waals surface area (Å²) in [5.74, 6) is 0.910. The van der Waals surface area contributed by atoms with Crippen LogP contribution >= 0.6 is 35.1 Å². The topological polar surface area (TPSA) is 101 Å². The number of likely N-dealkylation sites (tertiary alicyclic amines) is 1. The number of nitrogens with one attached hydrogen (secondary N) is 1. The molecule has 2 fully saturated rings. The van der Waals surface area contributed by atoms with Crippen LogP contribution in [0.4, 0.5) is 4.79 Å². The number of ether oxygens (including phenoxy) is 1. The van der Waals surface area contributed by atoms with Gasteiger partial charge in [-0.1, -0.05) is 0 Å². The molecule has 11 heteroatoms. The molecule has 188 valence electrons. The highest BCUT2D eigenvalue weighted by Gasteiger charge is 2.28. The van der Waals surface area contributed by atoms with E-state index in [0.29, 0.717) is 36.3 Å². The molecule has 0 atom stereocenters. The molecule has 0 spiro atoms. The zero-order valence-electron chi connectivity index (χ0n) is 19.8. The first-order valence-corrected chi connectivity index (χ1v) is 13.0. The van der Waals surface area contributed by atoms with Gasteiger partial charge in [0.1, 0.15) is 17.0 Å². The second-order valence-corrected chi connectivity index (χ2v) is 11.0. The number of nitrogens with zero attached hydrogens (tertiary/aromatic N) is 3. The highest BCUT2D eigenvalue weighted by Crippen LogP contribution is 2.30. The van der Waals surface area contributed by atoms with Gasteiger partial charge >= 0.3 is 6.09 Å². The van der Waals surface area contributed by atoms with E-state index in [1.807, 2.05) is 26.2 Å². The van der Waals surface area contributed by atoms with Crippen LogP contribution in [0.25, 0.3) is 0 Å². The van der Waals surface area contributed by atoms with Gasteiger partial charge in [0, 0.05) is 35.7 Å². The molecule has 2 aliphatic heterocycles. The van der Waals surface area contributed by atoms with Gasteiger partial charge in [-0.3, -0.25) is 9.59 Å². The van der Waals surface area contributed by atoms with Crippen LogP contribution < -0.4 is 5.32 Å². The number of piperidine rings is 2. The lowest BCUT2D eigenvalue weighted by Crippen LogP contribution is -2.41. The molecule has 2 aromatic heterocycles. The zero-order valence-corrected chi connectivity index (χ0v) is 22.3. The smallest absolute Gasteiger partial charge is 0.410 e. The number of rotatable bonds is 4. The lowest BCUT2D eigenvalue weighted by Gasteiger charge is -2.32. The maximum absolute atomic E-state index is 12.0. The normalized spacial score (nSPS) is 17.2. The van der Waals surface area contributed by atoms with Crippen LogP contribution in [0.3, 0.4) is 0 Å². The predicted octanol–water partition coefficient (Wildman–Crippen LogP) is 4.91. The maximum Gasteiger partial charge on any atom is 0.410 e. The number of hydrogen-bond acceptors (Lipinski definition) is 9. The Kier molecular flexibility index (Phi) is 11.1. The summed E-state index contributed by atoms with van der Waals surface area (Å²) in [7, 11) is 0. The Morgan fingerprint density at radius 3 is 1.85 bits per heavy atom. The van der Waals surface area contributed by atoms with Gasteiger partial charge in [0.15, 0.2) is 12.6 Å². The Morgan fingerprint density at radius 1 is 0.971 bits per heavy atom. The number of carbonyl (C=O) groups excluding carboxylic acids is 3. The van der Waals surface area contributed by atoms with E-state index in [2.05, 4.69) is 15.3 Å². The van der Waals surface area contributed by atoms with E-state index < -0.39 is 5.60 Å². The van der Waals surface area contributed by atoms with Gasteiger partial charge in [-0.15, -0.1) is 35.1 Å². The molecular formula is C23H33ClN4O4S2. The van der Waals surface area contributed by atoms with Gasteiger partial charge in [-0.05, 0) is 59.5 Å². The fraction of sp³-hybridized carbons (Fsp3) is 0.609. The Hall–Kier alpha value is -1.88. The summed E-state index contributed by atoms with van der Waals surface area (Å²) in [6.07, 6.45) is 5.37. The number of thiazole rings is 2. The maximum atomic E-state index is 12.0. The van der Waals surface area contributed by atoms with E-state index >= 15 is 0 Å². The van der Waals surface area contributed by atoms with Crippen molar-refractivity contribution in [2.75, 3.05) is 26.2 Å². The molecule has 0 aromatic carbocycles. The molecule has 2 aliphatic rings. The summed E-state index contributed by atoms with van der Waals surface area (Å²) in [5.41, 5.74) is 0.625. The van der Waals surface area contributed by atoms with Gasteiger partial charge in [0.2, 0.25) is 0 Å². The number of carbonyl (C=O) groups is 3. The van der Waals surface area contributed by atoms with Crippen molar-refractivity contribution in [2.45, 2.75) is 63.9 Å². The molecule has 1 amide bonds. The van der Waals surface area contributed by atoms with Crippen LogP contribution in [0, 0.1) is 0 Å². The van der Waals surface area contributed by atoms with Gasteiger partial charge in [-0.25, -0.2) is 14.8 Å². The Labute approximate surface area is 214 Å². The molecule has 2 aromatic rings. The van der Waals surface area contributed by atoms with Gasteiger partial charge in [0.05, 0.1) is 10.0 Å². The molecule has 4 rings (SSSR count). The van der Waals surface area contributed by atoms with Crippen LogP contribution in [0.15, 0.2) is 10.8 Å². The Morgan fingerprint density at radius 2 is 1.44 bits per heavy atom. The SMILES string of the molecule is CC(C)(C)OC(=O)N1CCC(c2nc(C=O)cs2)CC1.Cl.O=Cc1csc(C2CCNCC2)n1. The molecule has 1 N–H and O–H groups in total. The number of aromatic nitrogens is 2. The second-order valence-electron chi connectivity index (χ2n) is 9.22. The van der Waals surface area contributed by atoms with Crippen molar-refractivity contribution >= 4 is 53.7 Å². The van der Waals surface area contributed by atoms with Crippen LogP contribution in [-0.2, 0) is 4.74 Å². The molecular weight excluding hydrogens is 496 g/mol. The minimum Gasteiger partial charge on any atom is -0.444 e. The number of amides is 1. The third-order valence-electron chi connectivity index (χ3n) is 5.51. The van der Waals surface area contributed by atoms with E-state index in [-0.39, 0.29) is 18.5 Å². The highest BCUT2D eigenvalue weighted by molar-refractivity contribution is 7.10. The second kappa shape index (κ2) is 13.3. The lowest BCUT2D eigenvalue weighted by molar-refractivity contribution is 0.0204. The third kappa shape index (κ3) is 8.41. The van der Waals surface area contributed by atoms with Gasteiger partial charge in [0.25, 0.3) is 0 Å². The molecule has 8 nitrogen and oxygen atoms in total. The van der Waals surface area contributed by atoms with Crippen LogP contribution in [0.5, 0.6) is 0 Å². The van der Waals surface area contributed by atoms with E-state index in [1.54, 1.807) is 21.6 Å². The van der Waals surface area contributed by atoms with Crippen LogP contribution in [0.2, 0.25) is 0 Å². The number of hydrogen-bond donors (Lipinski definition) is 1. The largest absolute Gasteiger partial charge is 0.444 e. The van der Waals surface area contributed by atoms with Crippen molar-refractivity contribution in [3.63, 3.8) is 0 Å². The molecule has 0 radical (unpaired) electrons. The third-order valence-corrected chi connectivity index (χ3v) is 7.56. The average Bonchev–Trinajstić information content (AvgIpc) is 3.49. The van der Waals surface area contributed by atoms with Crippen molar-refractivity contribution < 1.29 is 19.1 Å². The van der Waals surface area contributed by atoms with Crippen molar-refractivity contribution in [2.24, 2.45) is 0 Å². The molecule has 0 saturated carbocycles. The summed E-state index contributed by atoms with van der Waals surface area (Å²) in [6, 6.07) is 0. The number of aldehydes is 2. The molecule has 0 bridgehead atoms. The molecule has 0 aliphatic carbocycles. The van der Waals surface area contributed by atoms with E-state index in [1.165, 1.54) is 11.3 Å². The van der Waals surface area contributed by atoms with E-state index in [9.17, 15) is 14.4 Å². The standard InChI is InChI=1S/C14H20N2O3S.C9H12N2OS.ClH/c1-14(2,3)19-13(18)16-6-4-10(5-7-16)12-15-11(8-17)9-20-12;12-5-8-6-13-9(11-8)7-1-3-10-4-2-7;/h8-10H,4-7H2,1-3H3;5-7,10H,1-4H2;1H. The Bertz CT molecular complexity index is 930. The Balaban J connectivity index is 0.000000253. The van der Waals surface area contributed by atoms with Crippen molar-refractivity contribution in [1.29, 1.82) is 0 Å². The van der Waals surface area contributed by atoms with Gasteiger partial charge < -0.3 is 15.0 Å². The summed E-state index contributed by atoms with van der Waals surface area (Å²) in [4.78, 5) is 43.4. The fourth-order valence-electron chi connectivity index (χ4n) is 3.79. The number of halogens is 1. The van der Waals surface area contributed by atoms with Crippen molar-refractivity contribution in [1.82, 2.24) is 20.2 Å². The predicted molar refractivity (Wildman–Crippen MR) is 137 cm³/mol. The summed E-state index contributed by atoms with van der Waals surface area (Å²) >= 11 is 3.13. The monoisotopic (exact) mass is 528 g/mol. The molecule has 0 unspecified atom stereocenters. The van der Waals surface area contributed by atoms with Crippen LogP contribution in [-0.4, -0.2) is 65.3 Å². The lowest BCUT2D eigenvalue weighted by atomic mass is 9.98. The van der Waals surface area contributed by atoms with Crippen LogP contribution in [0.1, 0.15) is 89.3 Å². The summed E-state index contributed by atoms with van der Waals surface area (Å²) in [6.45, 7) is 9.10. The minimum absolute atomic E-state index is 0. The van der Waals surface area contributed by atoms with Crippen molar-refractivity contribution in [3.8, 4) is 0 Å². The molecule has 4 heterocycles. The highest BCUT2D eigenvalue weighted by atomic mass is 35.5. The fourth-order valence-corrected chi connectivity index (χ4v) is 5.66. The summed E-state index contributed by atoms with van der Waals surface area (Å²) < 4.78 is 5.37. The average molecular weight is 529 g/mol.